The molecule has 0 radical (unpaired) electrons. The molecule has 1 saturated heterocycles. The van der Waals surface area contributed by atoms with Crippen LogP contribution in [-0.2, 0) is 0 Å². The summed E-state index contributed by atoms with van der Waals surface area (Å²) in [5.74, 6) is 0.250. The van der Waals surface area contributed by atoms with E-state index in [1.165, 1.54) is 11.1 Å². The first-order chi connectivity index (χ1) is 20.0. The van der Waals surface area contributed by atoms with E-state index in [0.29, 0.717) is 23.7 Å². The highest BCUT2D eigenvalue weighted by Gasteiger charge is 2.28. The summed E-state index contributed by atoms with van der Waals surface area (Å²) in [6.45, 7) is 2.56. The number of hydrogen-bond donors (Lipinski definition) is 3. The maximum Gasteiger partial charge on any atom is 0.319 e. The minimum atomic E-state index is -0.248. The van der Waals surface area contributed by atoms with E-state index in [0.717, 1.165) is 57.3 Å². The van der Waals surface area contributed by atoms with Crippen LogP contribution in [0.4, 0.5) is 16.2 Å². The van der Waals surface area contributed by atoms with Crippen LogP contribution < -0.4 is 20.9 Å². The normalized spacial score (nSPS) is 16.5. The van der Waals surface area contributed by atoms with Gasteiger partial charge in [0.2, 0.25) is 0 Å². The molecular formula is C34H43N5O2. The number of nitrogens with zero attached hydrogens (tertiary/aromatic N) is 2. The molecule has 3 amide bonds. The molecule has 0 atom stereocenters. The van der Waals surface area contributed by atoms with Crippen molar-refractivity contribution in [2.75, 3.05) is 43.9 Å². The summed E-state index contributed by atoms with van der Waals surface area (Å²) in [6, 6.07) is 27.2. The van der Waals surface area contributed by atoms with Crippen molar-refractivity contribution in [3.63, 3.8) is 0 Å². The van der Waals surface area contributed by atoms with Crippen molar-refractivity contribution < 1.29 is 9.59 Å². The highest BCUT2D eigenvalue weighted by atomic mass is 16.2. The first-order valence-corrected chi connectivity index (χ1v) is 15.0. The van der Waals surface area contributed by atoms with Crippen LogP contribution in [0.3, 0.4) is 0 Å². The number of amides is 3. The van der Waals surface area contributed by atoms with E-state index in [1.54, 1.807) is 0 Å². The zero-order chi connectivity index (χ0) is 28.6. The number of nitrogens with one attached hydrogen (secondary N) is 3. The van der Waals surface area contributed by atoms with Crippen LogP contribution in [0.25, 0.3) is 0 Å². The van der Waals surface area contributed by atoms with Crippen molar-refractivity contribution in [2.45, 2.75) is 50.6 Å². The molecule has 2 aliphatic rings. The van der Waals surface area contributed by atoms with E-state index >= 15 is 0 Å². The van der Waals surface area contributed by atoms with Gasteiger partial charge in [0.25, 0.3) is 5.91 Å². The summed E-state index contributed by atoms with van der Waals surface area (Å²) >= 11 is 0. The maximum atomic E-state index is 13.4. The standard InChI is InChI=1S/C34H43N5O2/c1-38(2)29-17-18-31(37-34(41)36-28-15-9-10-16-28)30(23-29)33(40)35-24-25-19-21-39(22-20-25)32(26-11-5-3-6-12-26)27-13-7-4-8-14-27/h3-8,11-14,17-18,23,25,28,32H,9-10,15-16,19-22,24H2,1-2H3,(H,35,40)(H2,36,37,41). The number of urea groups is 1. The van der Waals surface area contributed by atoms with Gasteiger partial charge >= 0.3 is 6.03 Å². The summed E-state index contributed by atoms with van der Waals surface area (Å²) < 4.78 is 0. The summed E-state index contributed by atoms with van der Waals surface area (Å²) in [5, 5.41) is 9.17. The Morgan fingerprint density at radius 2 is 1.46 bits per heavy atom. The number of carbonyl (C=O) groups excluding carboxylic acids is 2. The molecule has 41 heavy (non-hydrogen) atoms. The van der Waals surface area contributed by atoms with Crippen LogP contribution in [0.5, 0.6) is 0 Å². The number of hydrogen-bond acceptors (Lipinski definition) is 4. The second-order valence-corrected chi connectivity index (χ2v) is 11.6. The molecule has 2 fully saturated rings. The lowest BCUT2D eigenvalue weighted by atomic mass is 9.91. The Labute approximate surface area is 244 Å². The van der Waals surface area contributed by atoms with Crippen LogP contribution in [0.1, 0.15) is 66.1 Å². The van der Waals surface area contributed by atoms with E-state index in [2.05, 4.69) is 81.5 Å². The number of carbonyl (C=O) groups is 2. The Morgan fingerprint density at radius 3 is 2.05 bits per heavy atom. The number of anilines is 2. The van der Waals surface area contributed by atoms with Crippen molar-refractivity contribution in [1.82, 2.24) is 15.5 Å². The van der Waals surface area contributed by atoms with Gasteiger partial charge in [0.05, 0.1) is 17.3 Å². The third kappa shape index (κ3) is 7.47. The van der Waals surface area contributed by atoms with Crippen LogP contribution in [0.15, 0.2) is 78.9 Å². The second kappa shape index (κ2) is 13.7. The van der Waals surface area contributed by atoms with Gasteiger partial charge in [-0.05, 0) is 74.0 Å². The van der Waals surface area contributed by atoms with Gasteiger partial charge < -0.3 is 20.9 Å². The van der Waals surface area contributed by atoms with E-state index in [1.807, 2.05) is 37.2 Å². The Bertz CT molecular complexity index is 1240. The molecule has 5 rings (SSSR count). The monoisotopic (exact) mass is 553 g/mol. The minimum Gasteiger partial charge on any atom is -0.378 e. The summed E-state index contributed by atoms with van der Waals surface area (Å²) in [5.41, 5.74) is 4.56. The average molecular weight is 554 g/mol. The average Bonchev–Trinajstić information content (AvgIpc) is 3.51. The molecule has 3 N–H and O–H groups in total. The predicted molar refractivity (Wildman–Crippen MR) is 167 cm³/mol. The van der Waals surface area contributed by atoms with Crippen molar-refractivity contribution in [3.05, 3.63) is 95.6 Å². The van der Waals surface area contributed by atoms with Gasteiger partial charge in [0.15, 0.2) is 0 Å². The van der Waals surface area contributed by atoms with E-state index < -0.39 is 0 Å². The number of likely N-dealkylation sites (tertiary alicyclic amines) is 1. The SMILES string of the molecule is CN(C)c1ccc(NC(=O)NC2CCCC2)c(C(=O)NCC2CCN(C(c3ccccc3)c3ccccc3)CC2)c1. The molecule has 0 bridgehead atoms. The molecule has 1 aliphatic heterocycles. The molecule has 0 aromatic heterocycles. The van der Waals surface area contributed by atoms with Crippen molar-refractivity contribution in [2.24, 2.45) is 5.92 Å². The van der Waals surface area contributed by atoms with Crippen molar-refractivity contribution in [3.8, 4) is 0 Å². The van der Waals surface area contributed by atoms with E-state index in [4.69, 9.17) is 0 Å². The van der Waals surface area contributed by atoms with E-state index in [-0.39, 0.29) is 24.0 Å². The molecule has 1 heterocycles. The molecule has 3 aromatic rings. The first-order valence-electron chi connectivity index (χ1n) is 15.0. The fourth-order valence-corrected chi connectivity index (χ4v) is 6.15. The number of rotatable bonds is 9. The van der Waals surface area contributed by atoms with Crippen LogP contribution in [0.2, 0.25) is 0 Å². The van der Waals surface area contributed by atoms with Crippen molar-refractivity contribution in [1.29, 1.82) is 0 Å². The summed E-state index contributed by atoms with van der Waals surface area (Å²) in [6.07, 6.45) is 6.35. The molecule has 7 nitrogen and oxygen atoms in total. The zero-order valence-electron chi connectivity index (χ0n) is 24.3. The lowest BCUT2D eigenvalue weighted by Gasteiger charge is -2.38. The fraction of sp³-hybridized carbons (Fsp3) is 0.412. The highest BCUT2D eigenvalue weighted by Crippen LogP contribution is 2.32. The molecular weight excluding hydrogens is 510 g/mol. The van der Waals surface area contributed by atoms with Gasteiger partial charge in [-0.1, -0.05) is 73.5 Å². The maximum absolute atomic E-state index is 13.4. The number of piperidine rings is 1. The van der Waals surface area contributed by atoms with Crippen LogP contribution >= 0.6 is 0 Å². The molecule has 7 heteroatoms. The largest absolute Gasteiger partial charge is 0.378 e. The van der Waals surface area contributed by atoms with Crippen molar-refractivity contribution >= 4 is 23.3 Å². The van der Waals surface area contributed by atoms with Gasteiger partial charge in [0, 0.05) is 32.4 Å². The molecule has 0 spiro atoms. The van der Waals surface area contributed by atoms with Crippen LogP contribution in [-0.4, -0.2) is 56.6 Å². The zero-order valence-corrected chi connectivity index (χ0v) is 24.3. The van der Waals surface area contributed by atoms with Gasteiger partial charge in [-0.25, -0.2) is 4.79 Å². The Morgan fingerprint density at radius 1 is 0.854 bits per heavy atom. The Kier molecular flexibility index (Phi) is 9.57. The predicted octanol–water partition coefficient (Wildman–Crippen LogP) is 6.05. The molecule has 1 saturated carbocycles. The lowest BCUT2D eigenvalue weighted by Crippen LogP contribution is -2.41. The van der Waals surface area contributed by atoms with Crippen LogP contribution in [0, 0.1) is 5.92 Å². The minimum absolute atomic E-state index is 0.154. The Balaban J connectivity index is 1.20. The summed E-state index contributed by atoms with van der Waals surface area (Å²) in [7, 11) is 3.89. The van der Waals surface area contributed by atoms with E-state index in [9.17, 15) is 9.59 Å². The van der Waals surface area contributed by atoms with Gasteiger partial charge in [-0.2, -0.15) is 0 Å². The summed E-state index contributed by atoms with van der Waals surface area (Å²) in [4.78, 5) is 30.7. The Hall–Kier alpha value is -3.84. The second-order valence-electron chi connectivity index (χ2n) is 11.6. The first kappa shape index (κ1) is 28.7. The third-order valence-electron chi connectivity index (χ3n) is 8.50. The third-order valence-corrected chi connectivity index (χ3v) is 8.50. The quantitative estimate of drug-likeness (QED) is 0.302. The fourth-order valence-electron chi connectivity index (χ4n) is 6.15. The molecule has 3 aromatic carbocycles. The molecule has 0 unspecified atom stereocenters. The smallest absolute Gasteiger partial charge is 0.319 e. The van der Waals surface area contributed by atoms with Gasteiger partial charge in [-0.15, -0.1) is 0 Å². The highest BCUT2D eigenvalue weighted by molar-refractivity contribution is 6.04. The van der Waals surface area contributed by atoms with Gasteiger partial charge in [0.1, 0.15) is 0 Å². The molecule has 216 valence electrons. The topological polar surface area (TPSA) is 76.7 Å². The van der Waals surface area contributed by atoms with Gasteiger partial charge in [-0.3, -0.25) is 9.69 Å². The lowest BCUT2D eigenvalue weighted by molar-refractivity contribution is 0.0931. The molecule has 1 aliphatic carbocycles. The number of benzene rings is 3.